The van der Waals surface area contributed by atoms with Crippen LogP contribution in [0.1, 0.15) is 34.1 Å². The molecule has 0 spiro atoms. The van der Waals surface area contributed by atoms with Gasteiger partial charge in [0, 0.05) is 11.4 Å². The number of furan rings is 1. The van der Waals surface area contributed by atoms with Crippen LogP contribution in [0.5, 0.6) is 0 Å². The highest BCUT2D eigenvalue weighted by atomic mass is 32.1. The molecule has 1 aliphatic heterocycles. The molecule has 1 unspecified atom stereocenters. The molecule has 0 aliphatic carbocycles. The third-order valence-corrected chi connectivity index (χ3v) is 4.67. The van der Waals surface area contributed by atoms with Crippen LogP contribution in [0.4, 0.5) is 0 Å². The van der Waals surface area contributed by atoms with E-state index in [1.807, 2.05) is 0 Å². The number of likely N-dealkylation sites (tertiary alicyclic amines) is 1. The van der Waals surface area contributed by atoms with E-state index in [4.69, 9.17) is 4.42 Å². The van der Waals surface area contributed by atoms with E-state index in [0.717, 1.165) is 13.1 Å². The minimum atomic E-state index is -0.0699. The van der Waals surface area contributed by atoms with Crippen LogP contribution in [-0.2, 0) is 0 Å². The summed E-state index contributed by atoms with van der Waals surface area (Å²) in [6, 6.07) is 6.19. The summed E-state index contributed by atoms with van der Waals surface area (Å²) < 4.78 is 4.95. The van der Waals surface area contributed by atoms with E-state index in [1.54, 1.807) is 17.4 Å². The average molecular weight is 290 g/mol. The van der Waals surface area contributed by atoms with Crippen LogP contribution >= 0.6 is 11.3 Å². The molecular formula is C15H18N2O2S. The van der Waals surface area contributed by atoms with Gasteiger partial charge >= 0.3 is 0 Å². The summed E-state index contributed by atoms with van der Waals surface area (Å²) in [6.07, 6.45) is 5.49. The Hall–Kier alpha value is -1.59. The number of rotatable bonds is 5. The fourth-order valence-electron chi connectivity index (χ4n) is 2.63. The first kappa shape index (κ1) is 13.4. The smallest absolute Gasteiger partial charge is 0.254 e. The van der Waals surface area contributed by atoms with Crippen LogP contribution in [0.25, 0.3) is 0 Å². The predicted octanol–water partition coefficient (Wildman–Crippen LogP) is 2.91. The van der Waals surface area contributed by atoms with Crippen molar-refractivity contribution >= 4 is 17.2 Å². The number of nitrogens with one attached hydrogen (secondary N) is 1. The second-order valence-electron chi connectivity index (χ2n) is 5.00. The number of hydrogen-bond donors (Lipinski definition) is 1. The van der Waals surface area contributed by atoms with Gasteiger partial charge < -0.3 is 9.73 Å². The molecule has 3 rings (SSSR count). The summed E-state index contributed by atoms with van der Waals surface area (Å²) in [7, 11) is 0. The summed E-state index contributed by atoms with van der Waals surface area (Å²) in [6.45, 7) is 2.87. The van der Waals surface area contributed by atoms with Gasteiger partial charge in [-0.3, -0.25) is 9.69 Å². The van der Waals surface area contributed by atoms with Gasteiger partial charge in [-0.1, -0.05) is 6.07 Å². The largest absolute Gasteiger partial charge is 0.472 e. The molecule has 3 heterocycles. The van der Waals surface area contributed by atoms with Gasteiger partial charge in [-0.15, -0.1) is 11.3 Å². The van der Waals surface area contributed by atoms with Gasteiger partial charge in [-0.05, 0) is 43.4 Å². The van der Waals surface area contributed by atoms with Gasteiger partial charge in [0.1, 0.15) is 6.26 Å². The van der Waals surface area contributed by atoms with Gasteiger partial charge in [-0.2, -0.15) is 0 Å². The van der Waals surface area contributed by atoms with Crippen molar-refractivity contribution in [3.05, 3.63) is 46.5 Å². The molecule has 20 heavy (non-hydrogen) atoms. The molecule has 0 radical (unpaired) electrons. The lowest BCUT2D eigenvalue weighted by atomic mass is 10.2. The van der Waals surface area contributed by atoms with E-state index >= 15 is 0 Å². The summed E-state index contributed by atoms with van der Waals surface area (Å²) in [5, 5.41) is 5.11. The van der Waals surface area contributed by atoms with Crippen molar-refractivity contribution in [1.29, 1.82) is 0 Å². The molecule has 1 fully saturated rings. The minimum Gasteiger partial charge on any atom is -0.472 e. The lowest BCUT2D eigenvalue weighted by Gasteiger charge is -2.26. The maximum atomic E-state index is 12.0. The first-order chi connectivity index (χ1) is 9.84. The number of thiophene rings is 1. The van der Waals surface area contributed by atoms with Gasteiger partial charge in [0.05, 0.1) is 17.9 Å². The van der Waals surface area contributed by atoms with Gasteiger partial charge in [-0.25, -0.2) is 0 Å². The molecule has 5 heteroatoms. The van der Waals surface area contributed by atoms with E-state index in [0.29, 0.717) is 12.1 Å². The fraction of sp³-hybridized carbons (Fsp3) is 0.400. The Balaban J connectivity index is 1.66. The molecule has 2 aromatic rings. The lowest BCUT2D eigenvalue weighted by Crippen LogP contribution is -2.36. The summed E-state index contributed by atoms with van der Waals surface area (Å²) in [5.74, 6) is -0.0699. The molecule has 1 atom stereocenters. The number of hydrogen-bond acceptors (Lipinski definition) is 4. The predicted molar refractivity (Wildman–Crippen MR) is 78.9 cm³/mol. The van der Waals surface area contributed by atoms with Crippen LogP contribution < -0.4 is 5.32 Å². The van der Waals surface area contributed by atoms with E-state index in [2.05, 4.69) is 27.7 Å². The molecule has 0 saturated carbocycles. The Labute approximate surface area is 122 Å². The molecule has 0 bridgehead atoms. The summed E-state index contributed by atoms with van der Waals surface area (Å²) in [5.41, 5.74) is 0.580. The highest BCUT2D eigenvalue weighted by Crippen LogP contribution is 2.27. The van der Waals surface area contributed by atoms with Crippen molar-refractivity contribution in [3.8, 4) is 0 Å². The zero-order valence-corrected chi connectivity index (χ0v) is 12.1. The zero-order chi connectivity index (χ0) is 13.8. The van der Waals surface area contributed by atoms with Crippen LogP contribution in [0.2, 0.25) is 0 Å². The van der Waals surface area contributed by atoms with Gasteiger partial charge in [0.15, 0.2) is 0 Å². The maximum Gasteiger partial charge on any atom is 0.254 e. The van der Waals surface area contributed by atoms with Gasteiger partial charge in [0.25, 0.3) is 5.91 Å². The second kappa shape index (κ2) is 6.24. The van der Waals surface area contributed by atoms with Crippen molar-refractivity contribution in [1.82, 2.24) is 10.2 Å². The van der Waals surface area contributed by atoms with Crippen molar-refractivity contribution in [2.24, 2.45) is 0 Å². The minimum absolute atomic E-state index is 0.0699. The van der Waals surface area contributed by atoms with E-state index in [9.17, 15) is 4.79 Å². The number of amides is 1. The second-order valence-corrected chi connectivity index (χ2v) is 5.98. The van der Waals surface area contributed by atoms with E-state index < -0.39 is 0 Å². The number of carbonyl (C=O) groups is 1. The number of nitrogens with zero attached hydrogens (tertiary/aromatic N) is 1. The molecule has 106 valence electrons. The Kier molecular flexibility index (Phi) is 4.18. The van der Waals surface area contributed by atoms with Crippen LogP contribution in [0.3, 0.4) is 0 Å². The van der Waals surface area contributed by atoms with Crippen LogP contribution in [-0.4, -0.2) is 30.4 Å². The molecule has 1 aliphatic rings. The van der Waals surface area contributed by atoms with Crippen molar-refractivity contribution in [2.75, 3.05) is 19.6 Å². The van der Waals surface area contributed by atoms with E-state index in [1.165, 1.54) is 30.2 Å². The molecule has 1 N–H and O–H groups in total. The molecule has 1 amide bonds. The van der Waals surface area contributed by atoms with Gasteiger partial charge in [0.2, 0.25) is 0 Å². The number of carbonyl (C=O) groups excluding carboxylic acids is 1. The van der Waals surface area contributed by atoms with Crippen molar-refractivity contribution < 1.29 is 9.21 Å². The monoisotopic (exact) mass is 290 g/mol. The Morgan fingerprint density at radius 3 is 2.90 bits per heavy atom. The first-order valence-electron chi connectivity index (χ1n) is 6.92. The normalized spacial score (nSPS) is 17.2. The lowest BCUT2D eigenvalue weighted by molar-refractivity contribution is 0.0938. The fourth-order valence-corrected chi connectivity index (χ4v) is 3.49. The maximum absolute atomic E-state index is 12.0. The molecule has 1 saturated heterocycles. The summed E-state index contributed by atoms with van der Waals surface area (Å²) >= 11 is 1.76. The molecular weight excluding hydrogens is 272 g/mol. The molecule has 0 aromatic carbocycles. The Bertz CT molecular complexity index is 530. The molecule has 2 aromatic heterocycles. The SMILES string of the molecule is O=C(NCC(c1cccs1)N1CCCC1)c1ccoc1. The Morgan fingerprint density at radius 2 is 2.25 bits per heavy atom. The van der Waals surface area contributed by atoms with Crippen LogP contribution in [0, 0.1) is 0 Å². The first-order valence-corrected chi connectivity index (χ1v) is 7.80. The summed E-state index contributed by atoms with van der Waals surface area (Å²) in [4.78, 5) is 15.8. The molecule has 4 nitrogen and oxygen atoms in total. The Morgan fingerprint density at radius 1 is 1.40 bits per heavy atom. The van der Waals surface area contributed by atoms with Crippen molar-refractivity contribution in [2.45, 2.75) is 18.9 Å². The third kappa shape index (κ3) is 2.94. The highest BCUT2D eigenvalue weighted by molar-refractivity contribution is 7.10. The topological polar surface area (TPSA) is 45.5 Å². The highest BCUT2D eigenvalue weighted by Gasteiger charge is 2.24. The van der Waals surface area contributed by atoms with Crippen molar-refractivity contribution in [3.63, 3.8) is 0 Å². The standard InChI is InChI=1S/C15H18N2O2S/c18-15(12-5-8-19-11-12)16-10-13(14-4-3-9-20-14)17-6-1-2-7-17/h3-5,8-9,11,13H,1-2,6-7,10H2,(H,16,18). The van der Waals surface area contributed by atoms with Crippen LogP contribution in [0.15, 0.2) is 40.5 Å². The zero-order valence-electron chi connectivity index (χ0n) is 11.2. The quantitative estimate of drug-likeness (QED) is 0.921. The average Bonchev–Trinajstić information content (AvgIpc) is 3.22. The third-order valence-electron chi connectivity index (χ3n) is 3.69. The van der Waals surface area contributed by atoms with E-state index in [-0.39, 0.29) is 11.9 Å².